The average molecular weight is 236 g/mol. The minimum Gasteiger partial charge on any atom is -0.461 e. The molecule has 0 saturated carbocycles. The smallest absolute Gasteiger partial charge is 0.311 e. The first-order valence-corrected chi connectivity index (χ1v) is 6.37. The lowest BCUT2D eigenvalue weighted by Crippen LogP contribution is -2.37. The number of esters is 1. The number of carbonyl (C=O) groups is 1. The Hall–Kier alpha value is -0.620. The standard InChI is InChI=1S/C9H16O5S/c1-9(2,3)8(10)14-7-4-5-13-15(11,12)6-7/h7H,4-6H2,1-3H3. The molecule has 1 saturated heterocycles. The Morgan fingerprint density at radius 3 is 2.47 bits per heavy atom. The van der Waals surface area contributed by atoms with Gasteiger partial charge >= 0.3 is 5.97 Å². The van der Waals surface area contributed by atoms with Crippen molar-refractivity contribution in [3.8, 4) is 0 Å². The number of carbonyl (C=O) groups excluding carboxylic acids is 1. The van der Waals surface area contributed by atoms with Crippen molar-refractivity contribution in [1.29, 1.82) is 0 Å². The van der Waals surface area contributed by atoms with E-state index in [0.717, 1.165) is 0 Å². The lowest BCUT2D eigenvalue weighted by atomic mass is 9.97. The van der Waals surface area contributed by atoms with Gasteiger partial charge in [-0.05, 0) is 20.8 Å². The summed E-state index contributed by atoms with van der Waals surface area (Å²) in [5, 5.41) is 0. The Labute approximate surface area is 89.9 Å². The summed E-state index contributed by atoms with van der Waals surface area (Å²) in [6, 6.07) is 0. The molecule has 1 atom stereocenters. The Balaban J connectivity index is 2.57. The zero-order valence-corrected chi connectivity index (χ0v) is 9.96. The number of hydrogen-bond acceptors (Lipinski definition) is 5. The topological polar surface area (TPSA) is 69.7 Å². The molecule has 1 aliphatic rings. The van der Waals surface area contributed by atoms with E-state index in [2.05, 4.69) is 4.18 Å². The van der Waals surface area contributed by atoms with Crippen molar-refractivity contribution in [2.45, 2.75) is 33.3 Å². The van der Waals surface area contributed by atoms with E-state index >= 15 is 0 Å². The van der Waals surface area contributed by atoms with Crippen LogP contribution in [0.25, 0.3) is 0 Å². The molecule has 5 nitrogen and oxygen atoms in total. The highest BCUT2D eigenvalue weighted by atomic mass is 32.2. The Morgan fingerprint density at radius 1 is 1.40 bits per heavy atom. The molecule has 1 rings (SSSR count). The van der Waals surface area contributed by atoms with E-state index in [1.165, 1.54) is 0 Å². The van der Waals surface area contributed by atoms with Crippen molar-refractivity contribution in [1.82, 2.24) is 0 Å². The molecule has 0 N–H and O–H groups in total. The molecule has 6 heteroatoms. The second kappa shape index (κ2) is 4.09. The molecule has 0 radical (unpaired) electrons. The third-order valence-electron chi connectivity index (χ3n) is 1.98. The highest BCUT2D eigenvalue weighted by molar-refractivity contribution is 7.86. The first-order chi connectivity index (χ1) is 6.71. The molecular weight excluding hydrogens is 220 g/mol. The molecule has 1 fully saturated rings. The van der Waals surface area contributed by atoms with Gasteiger partial charge in [0.05, 0.1) is 12.0 Å². The summed E-state index contributed by atoms with van der Waals surface area (Å²) >= 11 is 0. The van der Waals surface area contributed by atoms with Crippen LogP contribution in [0.15, 0.2) is 0 Å². The minimum atomic E-state index is -3.50. The zero-order chi connectivity index (χ0) is 11.7. The Kier molecular flexibility index (Phi) is 3.40. The number of ether oxygens (including phenoxy) is 1. The minimum absolute atomic E-state index is 0.0877. The van der Waals surface area contributed by atoms with Gasteiger partial charge in [0.25, 0.3) is 10.1 Å². The summed E-state index contributed by atoms with van der Waals surface area (Å²) in [5.74, 6) is -0.626. The molecule has 1 aliphatic heterocycles. The summed E-state index contributed by atoms with van der Waals surface area (Å²) in [6.45, 7) is 5.26. The molecule has 88 valence electrons. The van der Waals surface area contributed by atoms with E-state index in [1.807, 2.05) is 0 Å². The molecule has 0 amide bonds. The molecule has 15 heavy (non-hydrogen) atoms. The van der Waals surface area contributed by atoms with Gasteiger partial charge < -0.3 is 4.74 Å². The lowest BCUT2D eigenvalue weighted by molar-refractivity contribution is -0.158. The van der Waals surface area contributed by atoms with Crippen LogP contribution in [0.4, 0.5) is 0 Å². The molecule has 0 bridgehead atoms. The predicted octanol–water partition coefficient (Wildman–Crippen LogP) is 0.694. The molecule has 0 aromatic heterocycles. The predicted molar refractivity (Wildman–Crippen MR) is 53.7 cm³/mol. The Bertz CT molecular complexity index is 338. The fourth-order valence-electron chi connectivity index (χ4n) is 1.09. The van der Waals surface area contributed by atoms with Crippen LogP contribution in [0.3, 0.4) is 0 Å². The SMILES string of the molecule is CC(C)(C)C(=O)OC1CCOS(=O)(=O)C1. The van der Waals surface area contributed by atoms with Crippen LogP contribution in [0.5, 0.6) is 0 Å². The number of hydrogen-bond donors (Lipinski definition) is 0. The summed E-state index contributed by atoms with van der Waals surface area (Å²) < 4.78 is 31.8. The van der Waals surface area contributed by atoms with E-state index in [0.29, 0.717) is 6.42 Å². The van der Waals surface area contributed by atoms with Gasteiger partial charge in [-0.1, -0.05) is 0 Å². The largest absolute Gasteiger partial charge is 0.461 e. The van der Waals surface area contributed by atoms with Gasteiger partial charge in [-0.2, -0.15) is 8.42 Å². The summed E-state index contributed by atoms with van der Waals surface area (Å²) in [5.41, 5.74) is -0.609. The second-order valence-electron chi connectivity index (χ2n) is 4.61. The summed E-state index contributed by atoms with van der Waals surface area (Å²) in [7, 11) is -3.50. The maximum atomic E-state index is 11.5. The van der Waals surface area contributed by atoms with Gasteiger partial charge in [-0.3, -0.25) is 8.98 Å². The van der Waals surface area contributed by atoms with Crippen molar-refractivity contribution in [3.63, 3.8) is 0 Å². The fraction of sp³-hybridized carbons (Fsp3) is 0.889. The molecule has 0 aliphatic carbocycles. The van der Waals surface area contributed by atoms with Gasteiger partial charge in [0.1, 0.15) is 11.9 Å². The molecule has 0 spiro atoms. The van der Waals surface area contributed by atoms with E-state index in [9.17, 15) is 13.2 Å². The van der Waals surface area contributed by atoms with E-state index < -0.39 is 21.6 Å². The van der Waals surface area contributed by atoms with Crippen LogP contribution in [0, 0.1) is 5.41 Å². The fourth-order valence-corrected chi connectivity index (χ4v) is 2.22. The quantitative estimate of drug-likeness (QED) is 0.495. The van der Waals surface area contributed by atoms with Crippen LogP contribution >= 0.6 is 0 Å². The van der Waals surface area contributed by atoms with E-state index in [1.54, 1.807) is 20.8 Å². The van der Waals surface area contributed by atoms with Crippen LogP contribution in [0.1, 0.15) is 27.2 Å². The molecule has 1 heterocycles. The van der Waals surface area contributed by atoms with Gasteiger partial charge in [0.2, 0.25) is 0 Å². The van der Waals surface area contributed by atoms with Crippen molar-refractivity contribution < 1.29 is 22.1 Å². The first kappa shape index (κ1) is 12.4. The maximum Gasteiger partial charge on any atom is 0.311 e. The first-order valence-electron chi connectivity index (χ1n) is 4.79. The third kappa shape index (κ3) is 3.79. The normalized spacial score (nSPS) is 25.9. The van der Waals surface area contributed by atoms with E-state index in [-0.39, 0.29) is 18.3 Å². The highest BCUT2D eigenvalue weighted by Crippen LogP contribution is 2.20. The van der Waals surface area contributed by atoms with Crippen LogP contribution in [-0.4, -0.2) is 32.9 Å². The maximum absolute atomic E-state index is 11.5. The van der Waals surface area contributed by atoms with Gasteiger partial charge in [0.15, 0.2) is 0 Å². The van der Waals surface area contributed by atoms with E-state index in [4.69, 9.17) is 4.74 Å². The average Bonchev–Trinajstić information content (AvgIpc) is 2.00. The van der Waals surface area contributed by atoms with Crippen molar-refractivity contribution in [3.05, 3.63) is 0 Å². The van der Waals surface area contributed by atoms with Gasteiger partial charge in [-0.15, -0.1) is 0 Å². The monoisotopic (exact) mass is 236 g/mol. The Morgan fingerprint density at radius 2 is 2.00 bits per heavy atom. The summed E-state index contributed by atoms with van der Waals surface area (Å²) in [6.07, 6.45) is -0.142. The summed E-state index contributed by atoms with van der Waals surface area (Å²) in [4.78, 5) is 11.5. The van der Waals surface area contributed by atoms with Crippen LogP contribution in [-0.2, 0) is 23.8 Å². The van der Waals surface area contributed by atoms with Crippen molar-refractivity contribution in [2.24, 2.45) is 5.41 Å². The molecule has 1 unspecified atom stereocenters. The van der Waals surface area contributed by atoms with Crippen molar-refractivity contribution >= 4 is 16.1 Å². The van der Waals surface area contributed by atoms with Crippen LogP contribution in [0.2, 0.25) is 0 Å². The van der Waals surface area contributed by atoms with Gasteiger partial charge in [0, 0.05) is 6.42 Å². The van der Waals surface area contributed by atoms with Gasteiger partial charge in [-0.25, -0.2) is 0 Å². The second-order valence-corrected chi connectivity index (χ2v) is 6.30. The lowest BCUT2D eigenvalue weighted by Gasteiger charge is -2.25. The molecule has 0 aromatic rings. The van der Waals surface area contributed by atoms with Crippen LogP contribution < -0.4 is 0 Å². The third-order valence-corrected chi connectivity index (χ3v) is 3.28. The van der Waals surface area contributed by atoms with Crippen molar-refractivity contribution in [2.75, 3.05) is 12.4 Å². The number of rotatable bonds is 1. The highest BCUT2D eigenvalue weighted by Gasteiger charge is 2.32. The molecule has 0 aromatic carbocycles. The molecular formula is C9H16O5S. The zero-order valence-electron chi connectivity index (χ0n) is 9.15.